The van der Waals surface area contributed by atoms with E-state index in [0.29, 0.717) is 41.6 Å². The van der Waals surface area contributed by atoms with Gasteiger partial charge in [0.05, 0.1) is 17.9 Å². The molecule has 7 atom stereocenters. The second kappa shape index (κ2) is 5.28. The van der Waals surface area contributed by atoms with Crippen molar-refractivity contribution < 1.29 is 9.53 Å². The van der Waals surface area contributed by atoms with Crippen LogP contribution in [0.25, 0.3) is 0 Å². The van der Waals surface area contributed by atoms with Crippen molar-refractivity contribution in [1.82, 2.24) is 0 Å². The second-order valence-corrected chi connectivity index (χ2v) is 9.94. The lowest BCUT2D eigenvalue weighted by Gasteiger charge is -2.57. The maximum atomic E-state index is 12.1. The van der Waals surface area contributed by atoms with E-state index in [9.17, 15) is 4.79 Å². The van der Waals surface area contributed by atoms with Crippen LogP contribution in [0.5, 0.6) is 0 Å². The first kappa shape index (κ1) is 16.2. The minimum Gasteiger partial charge on any atom is -0.374 e. The van der Waals surface area contributed by atoms with Gasteiger partial charge in [-0.15, -0.1) is 0 Å². The number of hydrogen-bond acceptors (Lipinski definition) is 3. The molecule has 0 aromatic rings. The third-order valence-corrected chi connectivity index (χ3v) is 8.71. The van der Waals surface area contributed by atoms with Gasteiger partial charge in [0.1, 0.15) is 0 Å². The molecule has 5 rings (SSSR count). The SMILES string of the molecule is C[C@]12CC[C@H]3[C@@H](C=CC4C(=N)C(=O)CC[C@@]43C)[C@@H]1CC[C@@H]2OC1CC1. The Hall–Kier alpha value is -0.960. The predicted octanol–water partition coefficient (Wildman–Crippen LogP) is 4.55. The largest absolute Gasteiger partial charge is 0.374 e. The van der Waals surface area contributed by atoms with E-state index >= 15 is 0 Å². The zero-order valence-electron chi connectivity index (χ0n) is 15.6. The summed E-state index contributed by atoms with van der Waals surface area (Å²) in [5.41, 5.74) is 0.814. The average Bonchev–Trinajstić information content (AvgIpc) is 3.34. The van der Waals surface area contributed by atoms with Crippen molar-refractivity contribution in [3.63, 3.8) is 0 Å². The highest BCUT2D eigenvalue weighted by molar-refractivity contribution is 6.40. The van der Waals surface area contributed by atoms with Crippen molar-refractivity contribution in [2.24, 2.45) is 34.5 Å². The first-order chi connectivity index (χ1) is 11.9. The van der Waals surface area contributed by atoms with Gasteiger partial charge in [0, 0.05) is 12.3 Å². The summed E-state index contributed by atoms with van der Waals surface area (Å²) < 4.78 is 6.43. The molecular formula is C22H31NO2. The van der Waals surface area contributed by atoms with E-state index in [0.717, 1.165) is 12.3 Å². The van der Waals surface area contributed by atoms with Crippen molar-refractivity contribution in [2.45, 2.75) is 77.4 Å². The van der Waals surface area contributed by atoms with Gasteiger partial charge in [0.25, 0.3) is 0 Å². The third-order valence-electron chi connectivity index (χ3n) is 8.71. The molecule has 0 saturated heterocycles. The first-order valence-corrected chi connectivity index (χ1v) is 10.4. The lowest BCUT2D eigenvalue weighted by atomic mass is 9.47. The highest BCUT2D eigenvalue weighted by atomic mass is 16.5. The van der Waals surface area contributed by atoms with Gasteiger partial charge in [0.2, 0.25) is 0 Å². The summed E-state index contributed by atoms with van der Waals surface area (Å²) in [6, 6.07) is 0. The molecule has 3 heteroatoms. The minimum absolute atomic E-state index is 0.0549. The van der Waals surface area contributed by atoms with E-state index in [1.807, 2.05) is 0 Å². The number of hydrogen-bond donors (Lipinski definition) is 1. The van der Waals surface area contributed by atoms with Crippen LogP contribution in [-0.4, -0.2) is 23.7 Å². The standard InChI is InChI=1S/C22H31NO2/c1-21-12-10-18(24)20(23)17(21)6-5-14-15-7-8-19(25-13-3-4-13)22(15,2)11-9-16(14)21/h5-6,13-17,19,23H,3-4,7-12H2,1-2H3/t14-,15-,16-,17?,19-,21+,22-/m0/s1. The molecule has 1 N–H and O–H groups in total. The number of ketones is 1. The van der Waals surface area contributed by atoms with E-state index in [4.69, 9.17) is 10.1 Å². The van der Waals surface area contributed by atoms with Crippen LogP contribution >= 0.6 is 0 Å². The maximum absolute atomic E-state index is 12.1. The third kappa shape index (κ3) is 2.20. The summed E-state index contributed by atoms with van der Waals surface area (Å²) in [5, 5.41) is 8.33. The Morgan fingerprint density at radius 1 is 1.00 bits per heavy atom. The quantitative estimate of drug-likeness (QED) is 0.749. The summed E-state index contributed by atoms with van der Waals surface area (Å²) >= 11 is 0. The molecular weight excluding hydrogens is 310 g/mol. The Balaban J connectivity index is 1.46. The van der Waals surface area contributed by atoms with Crippen molar-refractivity contribution in [3.05, 3.63) is 12.2 Å². The lowest BCUT2D eigenvalue weighted by molar-refractivity contribution is -0.118. The topological polar surface area (TPSA) is 50.2 Å². The van der Waals surface area contributed by atoms with Crippen molar-refractivity contribution in [1.29, 1.82) is 5.41 Å². The molecule has 0 radical (unpaired) electrons. The van der Waals surface area contributed by atoms with E-state index in [1.165, 1.54) is 38.5 Å². The minimum atomic E-state index is 0.0549. The Morgan fingerprint density at radius 3 is 2.52 bits per heavy atom. The van der Waals surface area contributed by atoms with Crippen molar-refractivity contribution in [2.75, 3.05) is 0 Å². The Kier molecular flexibility index (Phi) is 3.43. The van der Waals surface area contributed by atoms with Crippen molar-refractivity contribution >= 4 is 11.5 Å². The van der Waals surface area contributed by atoms with E-state index in [2.05, 4.69) is 26.0 Å². The van der Waals surface area contributed by atoms with E-state index < -0.39 is 0 Å². The number of carbonyl (C=O) groups excluding carboxylic acids is 1. The molecule has 0 bridgehead atoms. The fraction of sp³-hybridized carbons (Fsp3) is 0.818. The number of allylic oxidation sites excluding steroid dienone is 2. The van der Waals surface area contributed by atoms with Crippen LogP contribution < -0.4 is 0 Å². The Bertz CT molecular complexity index is 650. The number of Topliss-reactive ketones (excluding diaryl/α,β-unsaturated/α-hetero) is 1. The smallest absolute Gasteiger partial charge is 0.176 e. The molecule has 25 heavy (non-hydrogen) atoms. The molecule has 136 valence electrons. The molecule has 0 aliphatic heterocycles. The normalized spacial score (nSPS) is 51.8. The highest BCUT2D eigenvalue weighted by Crippen LogP contribution is 2.64. The van der Waals surface area contributed by atoms with Crippen LogP contribution in [0, 0.1) is 39.9 Å². The summed E-state index contributed by atoms with van der Waals surface area (Å²) in [4.78, 5) is 12.1. The molecule has 4 fully saturated rings. The average molecular weight is 341 g/mol. The van der Waals surface area contributed by atoms with Gasteiger partial charge in [-0.2, -0.15) is 0 Å². The molecule has 5 aliphatic carbocycles. The summed E-state index contributed by atoms with van der Waals surface area (Å²) in [7, 11) is 0. The van der Waals surface area contributed by atoms with Crippen LogP contribution in [-0.2, 0) is 9.53 Å². The Labute approximate surface area is 151 Å². The fourth-order valence-corrected chi connectivity index (χ4v) is 6.99. The molecule has 0 spiro atoms. The number of ether oxygens (including phenoxy) is 1. The Morgan fingerprint density at radius 2 is 1.76 bits per heavy atom. The van der Waals surface area contributed by atoms with Crippen LogP contribution in [0.15, 0.2) is 12.2 Å². The van der Waals surface area contributed by atoms with Gasteiger partial charge in [-0.25, -0.2) is 0 Å². The molecule has 3 nitrogen and oxygen atoms in total. The number of rotatable bonds is 2. The second-order valence-electron chi connectivity index (χ2n) is 9.94. The summed E-state index contributed by atoms with van der Waals surface area (Å²) in [5.74, 6) is 2.10. The fourth-order valence-electron chi connectivity index (χ4n) is 6.99. The molecule has 0 aromatic carbocycles. The van der Waals surface area contributed by atoms with Crippen LogP contribution in [0.3, 0.4) is 0 Å². The highest BCUT2D eigenvalue weighted by Gasteiger charge is 2.60. The monoisotopic (exact) mass is 341 g/mol. The van der Waals surface area contributed by atoms with Gasteiger partial charge in [-0.3, -0.25) is 4.79 Å². The number of nitrogens with one attached hydrogen (secondary N) is 1. The van der Waals surface area contributed by atoms with Gasteiger partial charge < -0.3 is 10.1 Å². The van der Waals surface area contributed by atoms with Crippen LogP contribution in [0.2, 0.25) is 0 Å². The van der Waals surface area contributed by atoms with E-state index in [1.54, 1.807) is 0 Å². The molecule has 0 aromatic heterocycles. The number of fused-ring (bicyclic) bond motifs is 5. The van der Waals surface area contributed by atoms with Crippen LogP contribution in [0.4, 0.5) is 0 Å². The van der Waals surface area contributed by atoms with Gasteiger partial charge in [-0.05, 0) is 73.5 Å². The first-order valence-electron chi connectivity index (χ1n) is 10.4. The summed E-state index contributed by atoms with van der Waals surface area (Å²) in [6.07, 6.45) is 14.7. The predicted molar refractivity (Wildman–Crippen MR) is 97.6 cm³/mol. The number of carbonyl (C=O) groups is 1. The van der Waals surface area contributed by atoms with Gasteiger partial charge in [-0.1, -0.05) is 26.0 Å². The molecule has 0 heterocycles. The van der Waals surface area contributed by atoms with Gasteiger partial charge >= 0.3 is 0 Å². The molecule has 1 unspecified atom stereocenters. The molecule has 5 aliphatic rings. The van der Waals surface area contributed by atoms with E-state index in [-0.39, 0.29) is 17.1 Å². The van der Waals surface area contributed by atoms with Crippen LogP contribution in [0.1, 0.15) is 65.2 Å². The maximum Gasteiger partial charge on any atom is 0.176 e. The zero-order valence-corrected chi connectivity index (χ0v) is 15.6. The van der Waals surface area contributed by atoms with Gasteiger partial charge in [0.15, 0.2) is 5.78 Å². The molecule has 0 amide bonds. The zero-order chi connectivity index (χ0) is 17.4. The summed E-state index contributed by atoms with van der Waals surface area (Å²) in [6.45, 7) is 4.86. The van der Waals surface area contributed by atoms with Crippen molar-refractivity contribution in [3.8, 4) is 0 Å². The molecule has 4 saturated carbocycles. The lowest BCUT2D eigenvalue weighted by Crippen LogP contribution is -2.54.